The monoisotopic (exact) mass is 228 g/mol. The van der Waals surface area contributed by atoms with Crippen molar-refractivity contribution in [2.75, 3.05) is 6.61 Å². The highest BCUT2D eigenvalue weighted by molar-refractivity contribution is 7.61. The summed E-state index contributed by atoms with van der Waals surface area (Å²) in [5, 5.41) is 0.362. The fourth-order valence-corrected chi connectivity index (χ4v) is 2.31. The zero-order chi connectivity index (χ0) is 11.1. The van der Waals surface area contributed by atoms with Gasteiger partial charge < -0.3 is 9.42 Å². The minimum atomic E-state index is -3.59. The Morgan fingerprint density at radius 2 is 1.93 bits per heavy atom. The van der Waals surface area contributed by atoms with Gasteiger partial charge in [-0.05, 0) is 18.6 Å². The lowest BCUT2D eigenvalue weighted by Gasteiger charge is -2.11. The molecule has 0 fully saturated rings. The van der Waals surface area contributed by atoms with Crippen LogP contribution in [0.1, 0.15) is 26.2 Å². The molecular formula is C11H17O3P. The van der Waals surface area contributed by atoms with Gasteiger partial charge in [-0.1, -0.05) is 38.0 Å². The maximum Gasteiger partial charge on any atom is 0.358 e. The summed E-state index contributed by atoms with van der Waals surface area (Å²) in [5.74, 6) is 0. The molecule has 0 heterocycles. The van der Waals surface area contributed by atoms with E-state index in [1.807, 2.05) is 0 Å². The van der Waals surface area contributed by atoms with Gasteiger partial charge in [0.25, 0.3) is 0 Å². The molecule has 0 saturated heterocycles. The summed E-state index contributed by atoms with van der Waals surface area (Å²) in [6.45, 7) is 2.42. The second kappa shape index (κ2) is 6.06. The molecule has 0 saturated carbocycles. The normalized spacial score (nSPS) is 14.8. The van der Waals surface area contributed by atoms with Crippen LogP contribution < -0.4 is 5.30 Å². The topological polar surface area (TPSA) is 46.5 Å². The van der Waals surface area contributed by atoms with Crippen molar-refractivity contribution in [3.8, 4) is 0 Å². The zero-order valence-electron chi connectivity index (χ0n) is 8.93. The van der Waals surface area contributed by atoms with E-state index < -0.39 is 7.60 Å². The van der Waals surface area contributed by atoms with Gasteiger partial charge in [0.2, 0.25) is 0 Å². The van der Waals surface area contributed by atoms with Crippen molar-refractivity contribution in [3.63, 3.8) is 0 Å². The van der Waals surface area contributed by atoms with E-state index in [1.165, 1.54) is 0 Å². The fourth-order valence-electron chi connectivity index (χ4n) is 1.23. The third-order valence-corrected chi connectivity index (χ3v) is 3.58. The van der Waals surface area contributed by atoms with Crippen molar-refractivity contribution in [2.45, 2.75) is 26.2 Å². The third kappa shape index (κ3) is 4.17. The molecule has 0 spiro atoms. The summed E-state index contributed by atoms with van der Waals surface area (Å²) in [4.78, 5) is 9.62. The Kier molecular flexibility index (Phi) is 5.03. The Morgan fingerprint density at radius 1 is 1.27 bits per heavy atom. The molecule has 0 aliphatic carbocycles. The van der Waals surface area contributed by atoms with E-state index >= 15 is 0 Å². The molecular weight excluding hydrogens is 211 g/mol. The van der Waals surface area contributed by atoms with E-state index in [-0.39, 0.29) is 0 Å². The first kappa shape index (κ1) is 12.4. The van der Waals surface area contributed by atoms with Crippen molar-refractivity contribution in [1.29, 1.82) is 0 Å². The summed E-state index contributed by atoms with van der Waals surface area (Å²) < 4.78 is 16.7. The number of hydrogen-bond donors (Lipinski definition) is 1. The standard InChI is InChI=1S/C11H17O3P/c1-2-3-7-10-14-15(12,13)11-8-5-4-6-9-11/h4-6,8-9H,2-3,7,10H2,1H3,(H,12,13). The zero-order valence-corrected chi connectivity index (χ0v) is 9.82. The van der Waals surface area contributed by atoms with Gasteiger partial charge in [0.15, 0.2) is 0 Å². The lowest BCUT2D eigenvalue weighted by Crippen LogP contribution is -2.07. The lowest BCUT2D eigenvalue weighted by atomic mass is 10.3. The van der Waals surface area contributed by atoms with Crippen LogP contribution in [0.4, 0.5) is 0 Å². The summed E-state index contributed by atoms with van der Waals surface area (Å²) in [6.07, 6.45) is 2.92. The van der Waals surface area contributed by atoms with Gasteiger partial charge in [0.1, 0.15) is 0 Å². The van der Waals surface area contributed by atoms with Crippen molar-refractivity contribution < 1.29 is 14.0 Å². The Bertz CT molecular complexity index is 324. The van der Waals surface area contributed by atoms with Crippen LogP contribution in [0.2, 0.25) is 0 Å². The van der Waals surface area contributed by atoms with Gasteiger partial charge in [0, 0.05) is 0 Å². The van der Waals surface area contributed by atoms with Crippen LogP contribution in [-0.2, 0) is 9.09 Å². The molecule has 0 aliphatic heterocycles. The first-order valence-electron chi connectivity index (χ1n) is 5.20. The first-order valence-corrected chi connectivity index (χ1v) is 6.77. The van der Waals surface area contributed by atoms with Crippen molar-refractivity contribution in [1.82, 2.24) is 0 Å². The van der Waals surface area contributed by atoms with Crippen LogP contribution in [-0.4, -0.2) is 11.5 Å². The van der Waals surface area contributed by atoms with Crippen LogP contribution in [0, 0.1) is 0 Å². The Labute approximate surface area is 90.6 Å². The molecule has 1 unspecified atom stereocenters. The van der Waals surface area contributed by atoms with Crippen molar-refractivity contribution >= 4 is 12.9 Å². The molecule has 1 N–H and O–H groups in total. The molecule has 3 nitrogen and oxygen atoms in total. The molecule has 15 heavy (non-hydrogen) atoms. The second-order valence-electron chi connectivity index (χ2n) is 3.40. The SMILES string of the molecule is CCCCCOP(=O)(O)c1ccccc1. The molecule has 1 aromatic rings. The molecule has 0 aliphatic rings. The number of benzene rings is 1. The minimum absolute atomic E-state index is 0.344. The predicted octanol–water partition coefficient (Wildman–Crippen LogP) is 2.70. The van der Waals surface area contributed by atoms with Crippen LogP contribution in [0.5, 0.6) is 0 Å². The van der Waals surface area contributed by atoms with E-state index in [4.69, 9.17) is 4.52 Å². The molecule has 1 rings (SSSR count). The maximum absolute atomic E-state index is 11.7. The summed E-state index contributed by atoms with van der Waals surface area (Å²) in [6, 6.07) is 8.49. The van der Waals surface area contributed by atoms with Gasteiger partial charge in [-0.15, -0.1) is 0 Å². The van der Waals surface area contributed by atoms with Crippen LogP contribution in [0.15, 0.2) is 30.3 Å². The smallest absolute Gasteiger partial charge is 0.321 e. The molecule has 1 atom stereocenters. The molecule has 4 heteroatoms. The van der Waals surface area contributed by atoms with Gasteiger partial charge >= 0.3 is 7.60 Å². The average Bonchev–Trinajstić information content (AvgIpc) is 2.26. The molecule has 1 aromatic carbocycles. The largest absolute Gasteiger partial charge is 0.358 e. The average molecular weight is 228 g/mol. The van der Waals surface area contributed by atoms with Crippen LogP contribution in [0.3, 0.4) is 0 Å². The van der Waals surface area contributed by atoms with E-state index in [9.17, 15) is 9.46 Å². The Hall–Kier alpha value is -0.630. The van der Waals surface area contributed by atoms with Gasteiger partial charge in [-0.3, -0.25) is 4.57 Å². The fraction of sp³-hybridized carbons (Fsp3) is 0.455. The molecule has 0 radical (unpaired) electrons. The summed E-state index contributed by atoms with van der Waals surface area (Å²) in [7, 11) is -3.59. The van der Waals surface area contributed by atoms with E-state index in [2.05, 4.69) is 6.92 Å². The van der Waals surface area contributed by atoms with Crippen LogP contribution in [0.25, 0.3) is 0 Å². The maximum atomic E-state index is 11.7. The Balaban J connectivity index is 2.49. The predicted molar refractivity (Wildman–Crippen MR) is 61.4 cm³/mol. The second-order valence-corrected chi connectivity index (χ2v) is 5.21. The van der Waals surface area contributed by atoms with Gasteiger partial charge in [-0.2, -0.15) is 0 Å². The summed E-state index contributed by atoms with van der Waals surface area (Å²) >= 11 is 0. The first-order chi connectivity index (χ1) is 7.17. The lowest BCUT2D eigenvalue weighted by molar-refractivity contribution is 0.262. The number of rotatable bonds is 6. The molecule has 0 amide bonds. The number of unbranched alkanes of at least 4 members (excludes halogenated alkanes) is 2. The highest BCUT2D eigenvalue weighted by atomic mass is 31.2. The van der Waals surface area contributed by atoms with E-state index in [0.717, 1.165) is 19.3 Å². The van der Waals surface area contributed by atoms with Crippen LogP contribution >= 0.6 is 7.60 Å². The van der Waals surface area contributed by atoms with Gasteiger partial charge in [0.05, 0.1) is 11.9 Å². The van der Waals surface area contributed by atoms with E-state index in [0.29, 0.717) is 11.9 Å². The minimum Gasteiger partial charge on any atom is -0.321 e. The van der Waals surface area contributed by atoms with Crippen molar-refractivity contribution in [2.24, 2.45) is 0 Å². The highest BCUT2D eigenvalue weighted by Gasteiger charge is 2.21. The molecule has 84 valence electrons. The quantitative estimate of drug-likeness (QED) is 0.601. The van der Waals surface area contributed by atoms with E-state index in [1.54, 1.807) is 30.3 Å². The molecule has 0 bridgehead atoms. The van der Waals surface area contributed by atoms with Crippen molar-refractivity contribution in [3.05, 3.63) is 30.3 Å². The number of hydrogen-bond acceptors (Lipinski definition) is 2. The summed E-state index contributed by atoms with van der Waals surface area (Å²) in [5.41, 5.74) is 0. The molecule has 0 aromatic heterocycles. The third-order valence-electron chi connectivity index (χ3n) is 2.10. The Morgan fingerprint density at radius 3 is 2.53 bits per heavy atom. The van der Waals surface area contributed by atoms with Gasteiger partial charge in [-0.25, -0.2) is 0 Å². The highest BCUT2D eigenvalue weighted by Crippen LogP contribution is 2.40.